The third-order valence-corrected chi connectivity index (χ3v) is 19.0. The minimum absolute atomic E-state index is 0.0391. The van der Waals surface area contributed by atoms with E-state index in [1.165, 1.54) is 12.4 Å². The number of nitrogens with one attached hydrogen (secondary N) is 1. The van der Waals surface area contributed by atoms with E-state index in [-0.39, 0.29) is 45.5 Å². The van der Waals surface area contributed by atoms with Gasteiger partial charge in [-0.05, 0) is 83.0 Å². The third-order valence-electron chi connectivity index (χ3n) is 12.7. The lowest BCUT2D eigenvalue weighted by Gasteiger charge is -2.63. The maximum atomic E-state index is 15.9. The van der Waals surface area contributed by atoms with Crippen molar-refractivity contribution in [3.05, 3.63) is 126 Å². The van der Waals surface area contributed by atoms with Crippen LogP contribution in [-0.2, 0) is 10.0 Å². The Balaban J connectivity index is 1.17. The van der Waals surface area contributed by atoms with Crippen LogP contribution in [0.3, 0.4) is 0 Å². The van der Waals surface area contributed by atoms with E-state index < -0.39 is 29.2 Å². The summed E-state index contributed by atoms with van der Waals surface area (Å²) in [5, 5.41) is 5.73. The quantitative estimate of drug-likeness (QED) is 0.135. The summed E-state index contributed by atoms with van der Waals surface area (Å²) in [5.41, 5.74) is 1.48. The van der Waals surface area contributed by atoms with Crippen molar-refractivity contribution in [3.63, 3.8) is 0 Å². The van der Waals surface area contributed by atoms with E-state index in [1.54, 1.807) is 30.3 Å². The molecular weight excluding hydrogens is 749 g/mol. The zero-order valence-electron chi connectivity index (χ0n) is 31.5. The van der Waals surface area contributed by atoms with Crippen molar-refractivity contribution in [1.82, 2.24) is 18.9 Å². The molecule has 0 radical (unpaired) electrons. The molecule has 0 saturated heterocycles. The Morgan fingerprint density at radius 2 is 1.60 bits per heavy atom. The molecule has 3 aliphatic carbocycles. The van der Waals surface area contributed by atoms with E-state index in [9.17, 15) is 13.2 Å². The second-order valence-electron chi connectivity index (χ2n) is 16.6. The predicted octanol–water partition coefficient (Wildman–Crippen LogP) is 8.22. The fraction of sp³-hybridized carbons (Fsp3) is 0.326. The van der Waals surface area contributed by atoms with Gasteiger partial charge in [-0.2, -0.15) is 0 Å². The molecule has 3 heterocycles. The highest BCUT2D eigenvalue weighted by atomic mass is 35.5. The van der Waals surface area contributed by atoms with Crippen molar-refractivity contribution < 1.29 is 17.6 Å². The van der Waals surface area contributed by atoms with E-state index in [2.05, 4.69) is 43.0 Å². The molecule has 2 N–H and O–H groups in total. The van der Waals surface area contributed by atoms with Crippen LogP contribution < -0.4 is 15.7 Å². The standard InChI is InChI=1S/C43H45ClFN5O3SSi/c1-27-16-18-31(19-17-27)54(51,52)50-26-35(34-22-30(44)24-47-41(34)50)39-46-25-37(45)40(49-39)48-38-28(20-29-21-36(38)43(29,4)5)23-42(2,3)55(53,32-12-8-6-9-13-32)33-14-10-7-11-15-33/h6-19,22,24-26,28-29,36,38,53H,20-21,23H2,1-5H3,(H,46,48,49)/t28-,29?,36+,38-/m1/s1. The molecule has 3 aromatic heterocycles. The topological polar surface area (TPSA) is 110 Å². The SMILES string of the molecule is Cc1ccc(S(=O)(=O)n2cc(-c3ncc(F)c(N[C@@H]4[C@@H](CC(C)(C)[Si](O)(c5ccccc5)c5ccccc5)CC5C[C@@H]4C5(C)C)n3)c3cc(Cl)cnc32)cc1. The summed E-state index contributed by atoms with van der Waals surface area (Å²) in [4.78, 5) is 26.6. The van der Waals surface area contributed by atoms with Gasteiger partial charge in [0.2, 0.25) is 0 Å². The summed E-state index contributed by atoms with van der Waals surface area (Å²) < 4.78 is 44.9. The molecule has 0 amide bonds. The van der Waals surface area contributed by atoms with Crippen molar-refractivity contribution in [2.24, 2.45) is 23.2 Å². The smallest absolute Gasteiger partial charge is 0.269 e. The Kier molecular flexibility index (Phi) is 9.31. The minimum Gasteiger partial charge on any atom is -0.424 e. The van der Waals surface area contributed by atoms with Gasteiger partial charge in [0.1, 0.15) is 0 Å². The number of pyridine rings is 1. The number of aromatic nitrogens is 4. The summed E-state index contributed by atoms with van der Waals surface area (Å²) in [5.74, 6) is 0.467. The number of hydrogen-bond donors (Lipinski definition) is 2. The molecule has 0 spiro atoms. The van der Waals surface area contributed by atoms with E-state index in [0.29, 0.717) is 28.3 Å². The van der Waals surface area contributed by atoms with Crippen LogP contribution >= 0.6 is 11.6 Å². The van der Waals surface area contributed by atoms with Crippen LogP contribution in [-0.4, -0.2) is 46.5 Å². The number of benzene rings is 3. The number of aryl methyl sites for hydroxylation is 1. The van der Waals surface area contributed by atoms with E-state index in [1.807, 2.05) is 67.6 Å². The van der Waals surface area contributed by atoms with E-state index in [0.717, 1.165) is 38.9 Å². The van der Waals surface area contributed by atoms with Gasteiger partial charge in [-0.1, -0.05) is 118 Å². The molecule has 1 unspecified atom stereocenters. The summed E-state index contributed by atoms with van der Waals surface area (Å²) >= 11 is 6.40. The Labute approximate surface area is 328 Å². The molecule has 3 aliphatic rings. The summed E-state index contributed by atoms with van der Waals surface area (Å²) in [7, 11) is -7.38. The number of hydrogen-bond acceptors (Lipinski definition) is 7. The van der Waals surface area contributed by atoms with Crippen molar-refractivity contribution in [3.8, 4) is 11.4 Å². The van der Waals surface area contributed by atoms with Gasteiger partial charge in [-0.15, -0.1) is 0 Å². The number of anilines is 1. The van der Waals surface area contributed by atoms with E-state index >= 15 is 4.39 Å². The van der Waals surface area contributed by atoms with Gasteiger partial charge in [0.05, 0.1) is 16.1 Å². The fourth-order valence-electron chi connectivity index (χ4n) is 9.44. The lowest BCUT2D eigenvalue weighted by molar-refractivity contribution is -0.102. The zero-order chi connectivity index (χ0) is 38.9. The maximum Gasteiger partial charge on any atom is 0.269 e. The van der Waals surface area contributed by atoms with Gasteiger partial charge in [0, 0.05) is 29.4 Å². The molecule has 55 heavy (non-hydrogen) atoms. The number of nitrogens with zero attached hydrogens (tertiary/aromatic N) is 4. The second kappa shape index (κ2) is 13.7. The van der Waals surface area contributed by atoms with Crippen LogP contribution in [0, 0.1) is 35.9 Å². The second-order valence-corrected chi connectivity index (χ2v) is 22.8. The van der Waals surface area contributed by atoms with Gasteiger partial charge in [0.15, 0.2) is 23.1 Å². The van der Waals surface area contributed by atoms with Crippen molar-refractivity contribution in [2.75, 3.05) is 5.32 Å². The number of rotatable bonds is 10. The molecule has 284 valence electrons. The monoisotopic (exact) mass is 793 g/mol. The lowest BCUT2D eigenvalue weighted by atomic mass is 9.44. The molecule has 3 aromatic carbocycles. The lowest BCUT2D eigenvalue weighted by Crippen LogP contribution is -2.67. The van der Waals surface area contributed by atoms with Crippen LogP contribution in [0.2, 0.25) is 10.1 Å². The first-order chi connectivity index (χ1) is 26.1. The van der Waals surface area contributed by atoms with Crippen molar-refractivity contribution in [1.29, 1.82) is 0 Å². The van der Waals surface area contributed by atoms with Gasteiger partial charge < -0.3 is 10.1 Å². The molecule has 2 bridgehead atoms. The van der Waals surface area contributed by atoms with Gasteiger partial charge >= 0.3 is 0 Å². The first kappa shape index (κ1) is 37.5. The average Bonchev–Trinajstić information content (AvgIpc) is 3.56. The third kappa shape index (κ3) is 6.29. The van der Waals surface area contributed by atoms with E-state index in [4.69, 9.17) is 16.6 Å². The van der Waals surface area contributed by atoms with Gasteiger partial charge in [0.25, 0.3) is 18.3 Å². The Morgan fingerprint density at radius 1 is 0.964 bits per heavy atom. The van der Waals surface area contributed by atoms with Crippen LogP contribution in [0.1, 0.15) is 52.5 Å². The first-order valence-electron chi connectivity index (χ1n) is 18.7. The Bertz CT molecular complexity index is 2460. The largest absolute Gasteiger partial charge is 0.424 e. The summed E-state index contributed by atoms with van der Waals surface area (Å²) in [6, 6.07) is 28.2. The normalized spacial score (nSPS) is 20.9. The molecular formula is C43H45ClFN5O3SSi. The molecule has 0 aliphatic heterocycles. The predicted molar refractivity (Wildman–Crippen MR) is 219 cm³/mol. The van der Waals surface area contributed by atoms with Crippen LogP contribution in [0.5, 0.6) is 0 Å². The first-order valence-corrected chi connectivity index (χ1v) is 22.5. The summed E-state index contributed by atoms with van der Waals surface area (Å²) in [6.07, 6.45) is 6.64. The fourth-order valence-corrected chi connectivity index (χ4v) is 14.7. The molecule has 8 nitrogen and oxygen atoms in total. The summed E-state index contributed by atoms with van der Waals surface area (Å²) in [6.45, 7) is 10.8. The van der Waals surface area contributed by atoms with Crippen LogP contribution in [0.4, 0.5) is 10.2 Å². The Hall–Kier alpha value is -4.42. The highest BCUT2D eigenvalue weighted by molar-refractivity contribution is 7.90. The van der Waals surface area contributed by atoms with Crippen molar-refractivity contribution >= 4 is 57.2 Å². The molecule has 12 heteroatoms. The zero-order valence-corrected chi connectivity index (χ0v) is 34.1. The van der Waals surface area contributed by atoms with Gasteiger partial charge in [-0.3, -0.25) is 0 Å². The Morgan fingerprint density at radius 3 is 2.22 bits per heavy atom. The average molecular weight is 794 g/mol. The molecule has 3 saturated carbocycles. The molecule has 3 fully saturated rings. The maximum absolute atomic E-state index is 15.9. The van der Waals surface area contributed by atoms with Crippen molar-refractivity contribution in [2.45, 2.75) is 69.9 Å². The molecule has 4 atom stereocenters. The highest BCUT2D eigenvalue weighted by Crippen LogP contribution is 2.63. The van der Waals surface area contributed by atoms with Crippen LogP contribution in [0.25, 0.3) is 22.4 Å². The van der Waals surface area contributed by atoms with Crippen LogP contribution in [0.15, 0.2) is 114 Å². The highest BCUT2D eigenvalue weighted by Gasteiger charge is 2.60. The minimum atomic E-state index is -4.07. The molecule has 6 aromatic rings. The molecule has 9 rings (SSSR count). The number of halogens is 2. The number of fused-ring (bicyclic) bond motifs is 3. The van der Waals surface area contributed by atoms with Gasteiger partial charge in [-0.25, -0.2) is 31.7 Å².